The molecular formula is C15H28N4O. The molecule has 0 bridgehead atoms. The molecule has 0 spiro atoms. The van der Waals surface area contributed by atoms with Gasteiger partial charge in [0.1, 0.15) is 0 Å². The normalized spacial score (nSPS) is 21.6. The van der Waals surface area contributed by atoms with Gasteiger partial charge in [-0.2, -0.15) is 0 Å². The van der Waals surface area contributed by atoms with Crippen LogP contribution in [0.25, 0.3) is 0 Å². The topological polar surface area (TPSA) is 56.7 Å². The Kier molecular flexibility index (Phi) is 6.15. The van der Waals surface area contributed by atoms with Gasteiger partial charge in [-0.3, -0.25) is 9.79 Å². The van der Waals surface area contributed by atoms with Crippen molar-refractivity contribution in [2.24, 2.45) is 4.99 Å². The minimum absolute atomic E-state index is 0.191. The maximum Gasteiger partial charge on any atom is 0.241 e. The first-order chi connectivity index (χ1) is 9.79. The second-order valence-electron chi connectivity index (χ2n) is 5.85. The maximum atomic E-state index is 12.1. The average Bonchev–Trinajstić information content (AvgIpc) is 2.53. The number of nitrogens with one attached hydrogen (secondary N) is 2. The Morgan fingerprint density at radius 3 is 2.40 bits per heavy atom. The second-order valence-corrected chi connectivity index (χ2v) is 5.85. The van der Waals surface area contributed by atoms with E-state index in [-0.39, 0.29) is 5.91 Å². The molecule has 1 saturated carbocycles. The Bertz CT molecular complexity index is 331. The van der Waals surface area contributed by atoms with Crippen LogP contribution < -0.4 is 10.6 Å². The van der Waals surface area contributed by atoms with Gasteiger partial charge in [0.05, 0.1) is 6.54 Å². The summed E-state index contributed by atoms with van der Waals surface area (Å²) in [5.74, 6) is 0.957. The zero-order chi connectivity index (χ0) is 14.2. The van der Waals surface area contributed by atoms with E-state index in [9.17, 15) is 4.79 Å². The van der Waals surface area contributed by atoms with Gasteiger partial charge in [0.2, 0.25) is 5.91 Å². The Balaban J connectivity index is 1.71. The molecule has 2 N–H and O–H groups in total. The SMILES string of the molecule is CN=C(NCC(=O)N1CCCCC1)NC1CCCCC1. The van der Waals surface area contributed by atoms with Gasteiger partial charge in [-0.15, -0.1) is 0 Å². The molecule has 0 unspecified atom stereocenters. The van der Waals surface area contributed by atoms with E-state index in [4.69, 9.17) is 0 Å². The summed E-state index contributed by atoms with van der Waals surface area (Å²) in [6.45, 7) is 2.18. The fourth-order valence-corrected chi connectivity index (χ4v) is 3.05. The van der Waals surface area contributed by atoms with Gasteiger partial charge in [0.15, 0.2) is 5.96 Å². The lowest BCUT2D eigenvalue weighted by molar-refractivity contribution is -0.130. The van der Waals surface area contributed by atoms with E-state index in [1.165, 1.54) is 38.5 Å². The van der Waals surface area contributed by atoms with Gasteiger partial charge in [-0.1, -0.05) is 19.3 Å². The molecule has 1 saturated heterocycles. The lowest BCUT2D eigenvalue weighted by Crippen LogP contribution is -2.48. The van der Waals surface area contributed by atoms with Crippen LogP contribution in [0.4, 0.5) is 0 Å². The summed E-state index contributed by atoms with van der Waals surface area (Å²) >= 11 is 0. The molecule has 2 fully saturated rings. The van der Waals surface area contributed by atoms with E-state index in [1.54, 1.807) is 7.05 Å². The summed E-state index contributed by atoms with van der Waals surface area (Å²) in [5.41, 5.74) is 0. The summed E-state index contributed by atoms with van der Waals surface area (Å²) in [5, 5.41) is 6.59. The molecule has 1 aliphatic carbocycles. The van der Waals surface area contributed by atoms with Crippen LogP contribution in [0.3, 0.4) is 0 Å². The van der Waals surface area contributed by atoms with Crippen molar-refractivity contribution in [1.82, 2.24) is 15.5 Å². The van der Waals surface area contributed by atoms with Crippen LogP contribution in [0.5, 0.6) is 0 Å². The highest BCUT2D eigenvalue weighted by Gasteiger charge is 2.18. The van der Waals surface area contributed by atoms with Crippen LogP contribution in [0, 0.1) is 0 Å². The molecule has 0 radical (unpaired) electrons. The van der Waals surface area contributed by atoms with Crippen LogP contribution in [-0.4, -0.2) is 49.5 Å². The molecule has 0 atom stereocenters. The largest absolute Gasteiger partial charge is 0.354 e. The molecular weight excluding hydrogens is 252 g/mol. The molecule has 0 aromatic rings. The van der Waals surface area contributed by atoms with Gasteiger partial charge >= 0.3 is 0 Å². The molecule has 1 aliphatic heterocycles. The summed E-state index contributed by atoms with van der Waals surface area (Å²) in [7, 11) is 1.77. The Morgan fingerprint density at radius 2 is 1.75 bits per heavy atom. The highest BCUT2D eigenvalue weighted by Crippen LogP contribution is 2.17. The van der Waals surface area contributed by atoms with Gasteiger partial charge in [-0.05, 0) is 32.1 Å². The molecule has 20 heavy (non-hydrogen) atoms. The number of nitrogens with zero attached hydrogens (tertiary/aromatic N) is 2. The molecule has 1 amide bonds. The number of piperidine rings is 1. The van der Waals surface area contributed by atoms with E-state index in [2.05, 4.69) is 15.6 Å². The van der Waals surface area contributed by atoms with E-state index >= 15 is 0 Å². The third kappa shape index (κ3) is 4.69. The van der Waals surface area contributed by atoms with Crippen molar-refractivity contribution in [3.8, 4) is 0 Å². The van der Waals surface area contributed by atoms with Crippen molar-refractivity contribution in [1.29, 1.82) is 0 Å². The Morgan fingerprint density at radius 1 is 1.10 bits per heavy atom. The molecule has 2 rings (SSSR count). The number of carbonyl (C=O) groups excluding carboxylic acids is 1. The third-order valence-corrected chi connectivity index (χ3v) is 4.29. The van der Waals surface area contributed by atoms with Gasteiger partial charge < -0.3 is 15.5 Å². The molecule has 5 heteroatoms. The van der Waals surface area contributed by atoms with E-state index in [1.807, 2.05) is 4.90 Å². The Labute approximate surface area is 122 Å². The van der Waals surface area contributed by atoms with Crippen LogP contribution in [-0.2, 0) is 4.79 Å². The van der Waals surface area contributed by atoms with Gasteiger partial charge in [-0.25, -0.2) is 0 Å². The predicted octanol–water partition coefficient (Wildman–Crippen LogP) is 1.50. The highest BCUT2D eigenvalue weighted by atomic mass is 16.2. The van der Waals surface area contributed by atoms with Crippen LogP contribution >= 0.6 is 0 Å². The minimum Gasteiger partial charge on any atom is -0.354 e. The van der Waals surface area contributed by atoms with Crippen LogP contribution in [0.15, 0.2) is 4.99 Å². The quantitative estimate of drug-likeness (QED) is 0.608. The van der Waals surface area contributed by atoms with Crippen LogP contribution in [0.1, 0.15) is 51.4 Å². The van der Waals surface area contributed by atoms with E-state index in [0.29, 0.717) is 12.6 Å². The Hall–Kier alpha value is -1.26. The summed E-state index contributed by atoms with van der Waals surface area (Å²) < 4.78 is 0. The summed E-state index contributed by atoms with van der Waals surface area (Å²) in [4.78, 5) is 18.3. The number of amides is 1. The lowest BCUT2D eigenvalue weighted by Gasteiger charge is -2.28. The van der Waals surface area contributed by atoms with Crippen molar-refractivity contribution in [2.75, 3.05) is 26.7 Å². The second kappa shape index (κ2) is 8.12. The number of guanidine groups is 1. The number of likely N-dealkylation sites (tertiary alicyclic amines) is 1. The molecule has 2 aliphatic rings. The highest BCUT2D eigenvalue weighted by molar-refractivity contribution is 5.86. The number of carbonyl (C=O) groups is 1. The molecule has 114 valence electrons. The van der Waals surface area contributed by atoms with E-state index < -0.39 is 0 Å². The zero-order valence-electron chi connectivity index (χ0n) is 12.7. The van der Waals surface area contributed by atoms with Crippen molar-refractivity contribution >= 4 is 11.9 Å². The smallest absolute Gasteiger partial charge is 0.241 e. The lowest BCUT2D eigenvalue weighted by atomic mass is 9.96. The van der Waals surface area contributed by atoms with Crippen molar-refractivity contribution < 1.29 is 4.79 Å². The predicted molar refractivity (Wildman–Crippen MR) is 81.8 cm³/mol. The number of aliphatic imine (C=N–C) groups is 1. The molecule has 0 aromatic carbocycles. The minimum atomic E-state index is 0.191. The number of hydrogen-bond donors (Lipinski definition) is 2. The molecule has 0 aromatic heterocycles. The third-order valence-electron chi connectivity index (χ3n) is 4.29. The van der Waals surface area contributed by atoms with Crippen molar-refractivity contribution in [3.63, 3.8) is 0 Å². The number of hydrogen-bond acceptors (Lipinski definition) is 2. The first-order valence-corrected chi connectivity index (χ1v) is 8.04. The van der Waals surface area contributed by atoms with Crippen molar-refractivity contribution in [3.05, 3.63) is 0 Å². The monoisotopic (exact) mass is 280 g/mol. The number of rotatable bonds is 3. The van der Waals surface area contributed by atoms with Gasteiger partial charge in [0, 0.05) is 26.2 Å². The summed E-state index contributed by atoms with van der Waals surface area (Å²) in [6, 6.07) is 0.514. The molecule has 1 heterocycles. The molecule has 5 nitrogen and oxygen atoms in total. The van der Waals surface area contributed by atoms with E-state index in [0.717, 1.165) is 31.9 Å². The fraction of sp³-hybridized carbons (Fsp3) is 0.867. The first kappa shape index (κ1) is 15.1. The average molecular weight is 280 g/mol. The maximum absolute atomic E-state index is 12.1. The van der Waals surface area contributed by atoms with Crippen molar-refractivity contribution in [2.45, 2.75) is 57.4 Å². The summed E-state index contributed by atoms with van der Waals surface area (Å²) in [6.07, 6.45) is 9.88. The standard InChI is InChI=1S/C15H28N4O/c1-16-15(18-13-8-4-2-5-9-13)17-12-14(20)19-10-6-3-7-11-19/h13H,2-12H2,1H3,(H2,16,17,18). The zero-order valence-corrected chi connectivity index (χ0v) is 12.7. The van der Waals surface area contributed by atoms with Gasteiger partial charge in [0.25, 0.3) is 0 Å². The van der Waals surface area contributed by atoms with Crippen LogP contribution in [0.2, 0.25) is 0 Å². The first-order valence-electron chi connectivity index (χ1n) is 8.04. The fourth-order valence-electron chi connectivity index (χ4n) is 3.05.